The summed E-state index contributed by atoms with van der Waals surface area (Å²) in [6.07, 6.45) is 0. The zero-order valence-electron chi connectivity index (χ0n) is 9.19. The standard InChI is InChI=1S/C10H16N2O2S/c1-4-15(13,14)12-9(3)10-7-5-6-8(2)11-10/h5-7,9,12H,4H2,1-3H3. The number of hydrogen-bond donors (Lipinski definition) is 1. The highest BCUT2D eigenvalue weighted by Crippen LogP contribution is 2.10. The number of rotatable bonds is 4. The number of hydrogen-bond acceptors (Lipinski definition) is 3. The monoisotopic (exact) mass is 228 g/mol. The first-order valence-corrected chi connectivity index (χ1v) is 6.53. The van der Waals surface area contributed by atoms with Gasteiger partial charge in [0.1, 0.15) is 0 Å². The third-order valence-electron chi connectivity index (χ3n) is 2.09. The highest BCUT2D eigenvalue weighted by atomic mass is 32.2. The van der Waals surface area contributed by atoms with Gasteiger partial charge in [0.05, 0.1) is 17.5 Å². The maximum Gasteiger partial charge on any atom is 0.211 e. The Kier molecular flexibility index (Phi) is 3.82. The van der Waals surface area contributed by atoms with Crippen LogP contribution in [0.25, 0.3) is 0 Å². The number of nitrogens with zero attached hydrogens (tertiary/aromatic N) is 1. The number of sulfonamides is 1. The van der Waals surface area contributed by atoms with E-state index in [2.05, 4.69) is 9.71 Å². The number of nitrogens with one attached hydrogen (secondary N) is 1. The summed E-state index contributed by atoms with van der Waals surface area (Å²) in [5, 5.41) is 0. The van der Waals surface area contributed by atoms with Crippen molar-refractivity contribution < 1.29 is 8.42 Å². The van der Waals surface area contributed by atoms with Crippen molar-refractivity contribution in [3.05, 3.63) is 29.6 Å². The molecule has 1 heterocycles. The molecule has 0 saturated heterocycles. The zero-order valence-corrected chi connectivity index (χ0v) is 10.0. The quantitative estimate of drug-likeness (QED) is 0.847. The van der Waals surface area contributed by atoms with Gasteiger partial charge >= 0.3 is 0 Å². The van der Waals surface area contributed by atoms with Crippen LogP contribution >= 0.6 is 0 Å². The normalized spacial score (nSPS) is 13.8. The first-order chi connectivity index (χ1) is 6.94. The number of pyridine rings is 1. The first-order valence-electron chi connectivity index (χ1n) is 4.88. The van der Waals surface area contributed by atoms with Crippen molar-refractivity contribution in [1.82, 2.24) is 9.71 Å². The van der Waals surface area contributed by atoms with Crippen LogP contribution in [-0.4, -0.2) is 19.2 Å². The van der Waals surface area contributed by atoms with E-state index in [1.807, 2.05) is 25.1 Å². The van der Waals surface area contributed by atoms with Crippen LogP contribution in [0.2, 0.25) is 0 Å². The third kappa shape index (κ3) is 3.60. The number of aryl methyl sites for hydroxylation is 1. The molecular weight excluding hydrogens is 212 g/mol. The van der Waals surface area contributed by atoms with Crippen molar-refractivity contribution in [2.24, 2.45) is 0 Å². The van der Waals surface area contributed by atoms with Crippen LogP contribution in [-0.2, 0) is 10.0 Å². The Labute approximate surface area is 90.8 Å². The third-order valence-corrected chi connectivity index (χ3v) is 3.56. The van der Waals surface area contributed by atoms with Crippen LogP contribution in [0.15, 0.2) is 18.2 Å². The molecule has 1 rings (SSSR count). The predicted octanol–water partition coefficient (Wildman–Crippen LogP) is 1.39. The van der Waals surface area contributed by atoms with Gasteiger partial charge in [-0.1, -0.05) is 6.07 Å². The van der Waals surface area contributed by atoms with Gasteiger partial charge in [-0.15, -0.1) is 0 Å². The molecule has 0 amide bonds. The molecule has 0 aliphatic heterocycles. The van der Waals surface area contributed by atoms with E-state index >= 15 is 0 Å². The minimum absolute atomic E-state index is 0.0865. The summed E-state index contributed by atoms with van der Waals surface area (Å²) in [4.78, 5) is 4.26. The van der Waals surface area contributed by atoms with Crippen molar-refractivity contribution in [3.8, 4) is 0 Å². The minimum Gasteiger partial charge on any atom is -0.256 e. The molecule has 0 fully saturated rings. The molecule has 0 aliphatic carbocycles. The summed E-state index contributed by atoms with van der Waals surface area (Å²) in [6.45, 7) is 5.28. The fraction of sp³-hybridized carbons (Fsp3) is 0.500. The molecule has 0 radical (unpaired) electrons. The van der Waals surface area contributed by atoms with Crippen LogP contribution in [0, 0.1) is 6.92 Å². The Hall–Kier alpha value is -0.940. The molecule has 1 aromatic rings. The van der Waals surface area contributed by atoms with Gasteiger partial charge in [-0.3, -0.25) is 4.98 Å². The summed E-state index contributed by atoms with van der Waals surface area (Å²) in [5.41, 5.74) is 1.63. The topological polar surface area (TPSA) is 59.1 Å². The van der Waals surface area contributed by atoms with E-state index in [0.29, 0.717) is 0 Å². The van der Waals surface area contributed by atoms with Gasteiger partial charge in [-0.25, -0.2) is 13.1 Å². The van der Waals surface area contributed by atoms with Gasteiger partial charge in [-0.05, 0) is 32.9 Å². The molecule has 4 nitrogen and oxygen atoms in total. The molecule has 5 heteroatoms. The van der Waals surface area contributed by atoms with E-state index in [-0.39, 0.29) is 11.8 Å². The van der Waals surface area contributed by atoms with Gasteiger partial charge in [0.2, 0.25) is 10.0 Å². The maximum atomic E-state index is 11.3. The van der Waals surface area contributed by atoms with E-state index in [0.717, 1.165) is 11.4 Å². The Morgan fingerprint density at radius 3 is 2.67 bits per heavy atom. The molecule has 1 aromatic heterocycles. The van der Waals surface area contributed by atoms with Gasteiger partial charge < -0.3 is 0 Å². The summed E-state index contributed by atoms with van der Waals surface area (Å²) in [5.74, 6) is 0.0865. The minimum atomic E-state index is -3.17. The van der Waals surface area contributed by atoms with E-state index in [1.54, 1.807) is 13.8 Å². The lowest BCUT2D eigenvalue weighted by Gasteiger charge is -2.13. The molecule has 0 saturated carbocycles. The largest absolute Gasteiger partial charge is 0.256 e. The predicted molar refractivity (Wildman–Crippen MR) is 60.0 cm³/mol. The van der Waals surface area contributed by atoms with Crippen molar-refractivity contribution in [3.63, 3.8) is 0 Å². The molecule has 84 valence electrons. The second-order valence-electron chi connectivity index (χ2n) is 3.45. The smallest absolute Gasteiger partial charge is 0.211 e. The Balaban J connectivity index is 2.82. The Bertz CT molecular complexity index is 429. The van der Waals surface area contributed by atoms with Crippen molar-refractivity contribution in [2.45, 2.75) is 26.8 Å². The molecule has 0 aromatic carbocycles. The average Bonchev–Trinajstić information content (AvgIpc) is 2.17. The molecule has 0 spiro atoms. The Morgan fingerprint density at radius 1 is 1.47 bits per heavy atom. The summed E-state index contributed by atoms with van der Waals surface area (Å²) >= 11 is 0. The van der Waals surface area contributed by atoms with E-state index in [4.69, 9.17) is 0 Å². The van der Waals surface area contributed by atoms with Gasteiger partial charge in [0, 0.05) is 5.69 Å². The molecule has 1 N–H and O–H groups in total. The fourth-order valence-electron chi connectivity index (χ4n) is 1.22. The second-order valence-corrected chi connectivity index (χ2v) is 5.49. The molecule has 1 atom stereocenters. The molecular formula is C10H16N2O2S. The average molecular weight is 228 g/mol. The van der Waals surface area contributed by atoms with Crippen LogP contribution in [0.5, 0.6) is 0 Å². The summed E-state index contributed by atoms with van der Waals surface area (Å²) in [6, 6.07) is 5.28. The number of aromatic nitrogens is 1. The molecule has 0 bridgehead atoms. The van der Waals surface area contributed by atoms with Crippen LogP contribution < -0.4 is 4.72 Å². The molecule has 1 unspecified atom stereocenters. The fourth-order valence-corrected chi connectivity index (χ4v) is 2.04. The van der Waals surface area contributed by atoms with E-state index in [1.165, 1.54) is 0 Å². The van der Waals surface area contributed by atoms with Gasteiger partial charge in [0.25, 0.3) is 0 Å². The molecule has 0 aliphatic rings. The van der Waals surface area contributed by atoms with Crippen LogP contribution in [0.3, 0.4) is 0 Å². The van der Waals surface area contributed by atoms with Gasteiger partial charge in [-0.2, -0.15) is 0 Å². The van der Waals surface area contributed by atoms with Crippen molar-refractivity contribution >= 4 is 10.0 Å². The second kappa shape index (κ2) is 4.72. The lowest BCUT2D eigenvalue weighted by Crippen LogP contribution is -2.28. The highest BCUT2D eigenvalue weighted by molar-refractivity contribution is 7.89. The SMILES string of the molecule is CCS(=O)(=O)NC(C)c1cccc(C)n1. The van der Waals surface area contributed by atoms with E-state index in [9.17, 15) is 8.42 Å². The molecule has 15 heavy (non-hydrogen) atoms. The summed E-state index contributed by atoms with van der Waals surface area (Å²) < 4.78 is 25.2. The first kappa shape index (κ1) is 12.1. The lowest BCUT2D eigenvalue weighted by atomic mass is 10.2. The van der Waals surface area contributed by atoms with Crippen LogP contribution in [0.1, 0.15) is 31.3 Å². The maximum absolute atomic E-state index is 11.3. The zero-order chi connectivity index (χ0) is 11.5. The van der Waals surface area contributed by atoms with Crippen LogP contribution in [0.4, 0.5) is 0 Å². The Morgan fingerprint density at radius 2 is 2.13 bits per heavy atom. The van der Waals surface area contributed by atoms with Crippen molar-refractivity contribution in [2.75, 3.05) is 5.75 Å². The highest BCUT2D eigenvalue weighted by Gasteiger charge is 2.14. The summed E-state index contributed by atoms with van der Waals surface area (Å²) in [7, 11) is -3.17. The van der Waals surface area contributed by atoms with E-state index < -0.39 is 10.0 Å². The lowest BCUT2D eigenvalue weighted by molar-refractivity contribution is 0.565. The van der Waals surface area contributed by atoms with Crippen molar-refractivity contribution in [1.29, 1.82) is 0 Å². The van der Waals surface area contributed by atoms with Gasteiger partial charge in [0.15, 0.2) is 0 Å².